The van der Waals surface area contributed by atoms with Gasteiger partial charge in [0.1, 0.15) is 23.7 Å². The molecule has 1 aliphatic heterocycles. The van der Waals surface area contributed by atoms with E-state index < -0.39 is 32.7 Å². The first kappa shape index (κ1) is 46.3. The Morgan fingerprint density at radius 2 is 1.12 bits per heavy atom. The van der Waals surface area contributed by atoms with Crippen molar-refractivity contribution in [1.82, 2.24) is 4.90 Å². The van der Waals surface area contributed by atoms with Crippen LogP contribution < -0.4 is 15.1 Å². The number of ketones is 1. The molecule has 6 aromatic rings. The minimum Gasteiger partial charge on any atom is -0.457 e. The quantitative estimate of drug-likeness (QED) is 0.0707. The van der Waals surface area contributed by atoms with E-state index in [1.54, 1.807) is 4.90 Å². The highest BCUT2D eigenvalue weighted by atomic mass is 28.4. The van der Waals surface area contributed by atoms with Gasteiger partial charge in [0.05, 0.1) is 38.5 Å². The van der Waals surface area contributed by atoms with Crippen molar-refractivity contribution in [1.29, 1.82) is 0 Å². The summed E-state index contributed by atoms with van der Waals surface area (Å²) < 4.78 is 34.1. The molecule has 0 radical (unpaired) electrons. The highest BCUT2D eigenvalue weighted by Gasteiger charge is 2.55. The molecule has 0 saturated carbocycles. The first-order valence-electron chi connectivity index (χ1n) is 22.4. The third kappa shape index (κ3) is 11.5. The lowest BCUT2D eigenvalue weighted by atomic mass is 9.91. The highest BCUT2D eigenvalue weighted by molar-refractivity contribution is 6.99. The summed E-state index contributed by atoms with van der Waals surface area (Å²) >= 11 is 0. The van der Waals surface area contributed by atoms with Gasteiger partial charge in [-0.2, -0.15) is 0 Å². The van der Waals surface area contributed by atoms with Crippen molar-refractivity contribution >= 4 is 30.4 Å². The Balaban J connectivity index is 1.25. The number of likely N-dealkylation sites (tertiary alicyclic amines) is 1. The highest BCUT2D eigenvalue weighted by Crippen LogP contribution is 2.38. The smallest absolute Gasteiger partial charge is 0.261 e. The largest absolute Gasteiger partial charge is 0.457 e. The molecule has 1 saturated heterocycles. The molecule has 1 fully saturated rings. The van der Waals surface area contributed by atoms with Crippen molar-refractivity contribution < 1.29 is 33.0 Å². The molecule has 0 aromatic heterocycles. The van der Waals surface area contributed by atoms with Crippen LogP contribution in [0.3, 0.4) is 0 Å². The van der Waals surface area contributed by atoms with Crippen molar-refractivity contribution in [2.24, 2.45) is 0 Å². The summed E-state index contributed by atoms with van der Waals surface area (Å²) in [5, 5.41) is 1.88. The van der Waals surface area contributed by atoms with Crippen LogP contribution in [0.25, 0.3) is 0 Å². The van der Waals surface area contributed by atoms with Gasteiger partial charge in [0.2, 0.25) is 0 Å². The number of piperidine rings is 1. The van der Waals surface area contributed by atoms with Gasteiger partial charge in [0.15, 0.2) is 11.9 Å². The summed E-state index contributed by atoms with van der Waals surface area (Å²) in [5.74, 6) is 1.00. The van der Waals surface area contributed by atoms with Gasteiger partial charge in [0, 0.05) is 6.42 Å². The molecular weight excluding hydrogens is 815 g/mol. The van der Waals surface area contributed by atoms with Gasteiger partial charge < -0.3 is 28.3 Å². The van der Waals surface area contributed by atoms with E-state index in [9.17, 15) is 4.79 Å². The number of hydrogen-bond donors (Lipinski definition) is 0. The summed E-state index contributed by atoms with van der Waals surface area (Å²) in [6.07, 6.45) is -2.20. The Hall–Kier alpha value is -5.68. The zero-order valence-electron chi connectivity index (χ0n) is 37.7. The monoisotopic (exact) mass is 875 g/mol. The van der Waals surface area contributed by atoms with Crippen LogP contribution >= 0.6 is 0 Å². The maximum Gasteiger partial charge on any atom is 0.261 e. The van der Waals surface area contributed by atoms with Crippen LogP contribution in [0.4, 0.5) is 0 Å². The molecule has 8 nitrogen and oxygen atoms in total. The lowest BCUT2D eigenvalue weighted by Crippen LogP contribution is -2.71. The van der Waals surface area contributed by atoms with E-state index >= 15 is 4.79 Å². The minimum absolute atomic E-state index is 0.0908. The molecule has 0 N–H and O–H groups in total. The van der Waals surface area contributed by atoms with E-state index in [1.807, 2.05) is 141 Å². The fourth-order valence-corrected chi connectivity index (χ4v) is 13.3. The van der Waals surface area contributed by atoms with Crippen molar-refractivity contribution in [2.45, 2.75) is 96.2 Å². The number of ether oxygens (including phenoxy) is 4. The van der Waals surface area contributed by atoms with Crippen molar-refractivity contribution in [3.8, 4) is 11.5 Å². The Kier molecular flexibility index (Phi) is 15.8. The summed E-state index contributed by atoms with van der Waals surface area (Å²) in [5.41, 5.74) is 2.82. The Morgan fingerprint density at radius 1 is 0.625 bits per heavy atom. The lowest BCUT2D eigenvalue weighted by molar-refractivity contribution is -0.215. The fraction of sp³-hybridized carbons (Fsp3) is 0.309. The number of carbonyl (C=O) groups is 2. The van der Waals surface area contributed by atoms with Crippen LogP contribution in [-0.4, -0.2) is 68.5 Å². The molecule has 64 heavy (non-hydrogen) atoms. The van der Waals surface area contributed by atoms with Gasteiger partial charge in [-0.15, -0.1) is 0 Å². The van der Waals surface area contributed by atoms with Crippen molar-refractivity contribution in [3.63, 3.8) is 0 Å². The van der Waals surface area contributed by atoms with Gasteiger partial charge in [-0.05, 0) is 76.6 Å². The fourth-order valence-electron chi connectivity index (χ4n) is 8.69. The standard InChI is InChI=1S/C55H61NO7Si/c1-41(2)62-51-50(40-61-64(55(3,4)5,48-30-17-9-18-31-48)49-32-19-10-20-33-49)56(37-45(57)35-34-42-26-21-29-47(36-42)63-46-27-15-8-16-28-46)54(58)53(60-39-44-24-13-7-14-25-44)52(51)59-38-43-22-11-6-12-23-43/h6-33,36,41,50-53H,34-35,37-40H2,1-5H3/t50-,51-,52+,53-/m1/s1. The molecule has 1 amide bonds. The second-order valence-corrected chi connectivity index (χ2v) is 22.0. The van der Waals surface area contributed by atoms with E-state index in [0.717, 1.165) is 32.8 Å². The van der Waals surface area contributed by atoms with Gasteiger partial charge in [-0.3, -0.25) is 9.59 Å². The summed E-state index contributed by atoms with van der Waals surface area (Å²) in [6, 6.07) is 57.3. The average Bonchev–Trinajstić information content (AvgIpc) is 3.30. The Labute approximate surface area is 380 Å². The number of aryl methyl sites for hydroxylation is 1. The molecular formula is C55H61NO7Si. The summed E-state index contributed by atoms with van der Waals surface area (Å²) in [6.45, 7) is 11.0. The van der Waals surface area contributed by atoms with Crippen LogP contribution in [0.15, 0.2) is 176 Å². The van der Waals surface area contributed by atoms with Crippen LogP contribution in [0, 0.1) is 0 Å². The topological polar surface area (TPSA) is 83.5 Å². The molecule has 7 rings (SSSR count). The molecule has 0 bridgehead atoms. The predicted molar refractivity (Wildman–Crippen MR) is 255 cm³/mol. The molecule has 0 spiro atoms. The third-order valence-electron chi connectivity index (χ3n) is 11.7. The van der Waals surface area contributed by atoms with Gasteiger partial charge >= 0.3 is 0 Å². The number of rotatable bonds is 20. The molecule has 6 aromatic carbocycles. The van der Waals surface area contributed by atoms with Gasteiger partial charge in [-0.1, -0.05) is 172 Å². The second kappa shape index (κ2) is 21.8. The zero-order valence-corrected chi connectivity index (χ0v) is 38.7. The minimum atomic E-state index is -3.12. The van der Waals surface area contributed by atoms with Crippen molar-refractivity contribution in [2.75, 3.05) is 13.2 Å². The molecule has 0 unspecified atom stereocenters. The zero-order chi connectivity index (χ0) is 44.9. The first-order valence-corrected chi connectivity index (χ1v) is 24.3. The molecule has 1 heterocycles. The predicted octanol–water partition coefficient (Wildman–Crippen LogP) is 9.73. The van der Waals surface area contributed by atoms with Gasteiger partial charge in [0.25, 0.3) is 14.2 Å². The number of para-hydroxylation sites is 1. The van der Waals surface area contributed by atoms with Crippen LogP contribution in [0.1, 0.15) is 57.7 Å². The summed E-state index contributed by atoms with van der Waals surface area (Å²) in [7, 11) is -3.12. The number of Topliss-reactive ketones (excluding diaryl/α,β-unsaturated/α-hetero) is 1. The van der Waals surface area contributed by atoms with Crippen LogP contribution in [0.2, 0.25) is 5.04 Å². The van der Waals surface area contributed by atoms with Crippen LogP contribution in [0.5, 0.6) is 11.5 Å². The molecule has 4 atom stereocenters. The number of nitrogens with zero attached hydrogens (tertiary/aromatic N) is 1. The van der Waals surface area contributed by atoms with E-state index in [1.165, 1.54) is 0 Å². The Morgan fingerprint density at radius 3 is 1.67 bits per heavy atom. The second-order valence-electron chi connectivity index (χ2n) is 17.7. The number of amides is 1. The lowest BCUT2D eigenvalue weighted by Gasteiger charge is -2.50. The van der Waals surface area contributed by atoms with E-state index in [4.69, 9.17) is 23.4 Å². The SMILES string of the molecule is CC(C)O[C@H]1[C@H](OCc2ccccc2)[C@@H](OCc2ccccc2)C(=O)N(CC(=O)CCc2cccc(Oc3ccccc3)c2)[C@@H]1CO[Si](c1ccccc1)(c1ccccc1)C(C)(C)C. The average molecular weight is 876 g/mol. The van der Waals surface area contributed by atoms with E-state index in [-0.39, 0.29) is 55.6 Å². The van der Waals surface area contributed by atoms with Crippen molar-refractivity contribution in [3.05, 3.63) is 193 Å². The Bertz CT molecular complexity index is 2320. The number of hydrogen-bond acceptors (Lipinski definition) is 7. The van der Waals surface area contributed by atoms with E-state index in [2.05, 4.69) is 69.3 Å². The maximum absolute atomic E-state index is 15.4. The molecule has 332 valence electrons. The third-order valence-corrected chi connectivity index (χ3v) is 16.7. The van der Waals surface area contributed by atoms with E-state index in [0.29, 0.717) is 12.2 Å². The number of benzene rings is 6. The molecule has 9 heteroatoms. The normalized spacial score (nSPS) is 18.0. The maximum atomic E-state index is 15.4. The first-order chi connectivity index (χ1) is 31.0. The number of carbonyl (C=O) groups excluding carboxylic acids is 2. The summed E-state index contributed by atoms with van der Waals surface area (Å²) in [4.78, 5) is 31.4. The molecule has 1 aliphatic rings. The van der Waals surface area contributed by atoms with Gasteiger partial charge in [-0.25, -0.2) is 0 Å². The van der Waals surface area contributed by atoms with Crippen LogP contribution in [-0.2, 0) is 47.9 Å². The molecule has 0 aliphatic carbocycles.